The zero-order valence-electron chi connectivity index (χ0n) is 19.9. The number of carbonyl (C=O) groups is 2. The van der Waals surface area contributed by atoms with Gasteiger partial charge in [-0.15, -0.1) is 10.2 Å². The van der Waals surface area contributed by atoms with Crippen molar-refractivity contribution < 1.29 is 23.5 Å². The molecule has 0 bridgehead atoms. The number of ketones is 1. The Morgan fingerprint density at radius 2 is 1.87 bits per heavy atom. The van der Waals surface area contributed by atoms with Gasteiger partial charge in [0.05, 0.1) is 11.6 Å². The van der Waals surface area contributed by atoms with Crippen LogP contribution in [0.3, 0.4) is 0 Å². The molecule has 0 saturated carbocycles. The molecule has 0 saturated heterocycles. The topological polar surface area (TPSA) is 96.5 Å². The van der Waals surface area contributed by atoms with Crippen molar-refractivity contribution in [1.29, 1.82) is 0 Å². The number of Topliss-reactive ketones (excluding diaryl/α,β-unsaturated/α-hetero) is 1. The van der Waals surface area contributed by atoms with Crippen molar-refractivity contribution in [2.75, 3.05) is 4.90 Å². The van der Waals surface area contributed by atoms with Gasteiger partial charge >= 0.3 is 0 Å². The number of furan rings is 1. The van der Waals surface area contributed by atoms with Gasteiger partial charge in [0.15, 0.2) is 15.9 Å². The van der Waals surface area contributed by atoms with Crippen LogP contribution in [-0.2, 0) is 10.5 Å². The number of halogens is 2. The maximum absolute atomic E-state index is 14.1. The van der Waals surface area contributed by atoms with E-state index in [0.29, 0.717) is 37.2 Å². The second-order valence-corrected chi connectivity index (χ2v) is 11.2. The number of aromatic nitrogens is 2. The van der Waals surface area contributed by atoms with Crippen LogP contribution in [0.25, 0.3) is 11.0 Å². The quantitative estimate of drug-likeness (QED) is 0.125. The zero-order chi connectivity index (χ0) is 27.1. The Bertz CT molecular complexity index is 1750. The highest BCUT2D eigenvalue weighted by atomic mass is 35.5. The van der Waals surface area contributed by atoms with E-state index in [1.807, 2.05) is 6.07 Å². The van der Waals surface area contributed by atoms with E-state index in [9.17, 15) is 19.1 Å². The van der Waals surface area contributed by atoms with Crippen LogP contribution in [-0.4, -0.2) is 27.0 Å². The summed E-state index contributed by atoms with van der Waals surface area (Å²) in [6.07, 6.45) is 0. The summed E-state index contributed by atoms with van der Waals surface area (Å²) < 4.78 is 20.3. The second kappa shape index (κ2) is 10.3. The molecule has 11 heteroatoms. The highest BCUT2D eigenvalue weighted by Gasteiger charge is 2.46. The summed E-state index contributed by atoms with van der Waals surface area (Å²) in [6.45, 7) is 0. The molecular weight excluding hydrogens is 561 g/mol. The Hall–Kier alpha value is -3.99. The van der Waals surface area contributed by atoms with Crippen LogP contribution in [0.2, 0.25) is 5.02 Å². The third-order valence-corrected chi connectivity index (χ3v) is 8.52. The first-order valence-electron chi connectivity index (χ1n) is 11.7. The molecule has 1 aliphatic rings. The van der Waals surface area contributed by atoms with Crippen molar-refractivity contribution in [3.05, 3.63) is 118 Å². The molecule has 1 N–H and O–H groups in total. The van der Waals surface area contributed by atoms with Gasteiger partial charge in [0.2, 0.25) is 10.9 Å². The lowest BCUT2D eigenvalue weighted by Crippen LogP contribution is -2.31. The average molecular weight is 578 g/mol. The summed E-state index contributed by atoms with van der Waals surface area (Å²) in [6, 6.07) is 20.8. The van der Waals surface area contributed by atoms with Crippen molar-refractivity contribution in [1.82, 2.24) is 10.2 Å². The van der Waals surface area contributed by atoms with Crippen LogP contribution >= 0.6 is 34.7 Å². The minimum Gasteiger partial charge on any atom is -0.503 e. The normalized spacial score (nSPS) is 15.5. The van der Waals surface area contributed by atoms with Crippen molar-refractivity contribution in [3.63, 3.8) is 0 Å². The molecule has 3 aromatic carbocycles. The highest BCUT2D eigenvalue weighted by Crippen LogP contribution is 2.44. The fourth-order valence-corrected chi connectivity index (χ4v) is 6.42. The third kappa shape index (κ3) is 4.71. The molecule has 194 valence electrons. The van der Waals surface area contributed by atoms with Crippen LogP contribution in [0.4, 0.5) is 9.52 Å². The SMILES string of the molecule is O=C(C1=C(O)C(=O)N(c2nnc(SCc3ccccc3F)s2)C1c1cccc(Cl)c1)c1cc2ccccc2o1. The van der Waals surface area contributed by atoms with E-state index in [-0.39, 0.29) is 22.3 Å². The predicted molar refractivity (Wildman–Crippen MR) is 148 cm³/mol. The number of rotatable bonds is 7. The predicted octanol–water partition coefficient (Wildman–Crippen LogP) is 7.15. The van der Waals surface area contributed by atoms with Crippen LogP contribution < -0.4 is 4.90 Å². The van der Waals surface area contributed by atoms with Crippen LogP contribution in [0.1, 0.15) is 27.7 Å². The third-order valence-electron chi connectivity index (χ3n) is 6.18. The molecule has 2 aromatic heterocycles. The monoisotopic (exact) mass is 577 g/mol. The highest BCUT2D eigenvalue weighted by molar-refractivity contribution is 8.00. The zero-order valence-corrected chi connectivity index (χ0v) is 22.3. The number of hydrogen-bond donors (Lipinski definition) is 1. The number of nitrogens with zero attached hydrogens (tertiary/aromatic N) is 3. The molecule has 0 aliphatic carbocycles. The molecule has 5 aromatic rings. The van der Waals surface area contributed by atoms with E-state index in [1.54, 1.807) is 66.7 Å². The fraction of sp³-hybridized carbons (Fsp3) is 0.0714. The molecule has 1 atom stereocenters. The lowest BCUT2D eigenvalue weighted by Gasteiger charge is -2.23. The molecule has 0 fully saturated rings. The summed E-state index contributed by atoms with van der Waals surface area (Å²) in [5, 5.41) is 20.6. The van der Waals surface area contributed by atoms with Gasteiger partial charge in [-0.3, -0.25) is 14.5 Å². The largest absolute Gasteiger partial charge is 0.503 e. The number of amides is 1. The number of fused-ring (bicyclic) bond motifs is 1. The van der Waals surface area contributed by atoms with E-state index in [4.69, 9.17) is 16.0 Å². The number of thioether (sulfide) groups is 1. The van der Waals surface area contributed by atoms with Crippen molar-refractivity contribution in [3.8, 4) is 0 Å². The number of aliphatic hydroxyl groups excluding tert-OH is 1. The molecule has 1 unspecified atom stereocenters. The number of aliphatic hydroxyl groups is 1. The van der Waals surface area contributed by atoms with Crippen molar-refractivity contribution >= 4 is 62.5 Å². The molecular formula is C28H17ClFN3O4S2. The molecule has 39 heavy (non-hydrogen) atoms. The van der Waals surface area contributed by atoms with Gasteiger partial charge in [0.25, 0.3) is 5.91 Å². The van der Waals surface area contributed by atoms with E-state index in [2.05, 4.69) is 10.2 Å². The van der Waals surface area contributed by atoms with E-state index < -0.39 is 23.5 Å². The molecule has 0 radical (unpaired) electrons. The standard InChI is InChI=1S/C28H17ClFN3O4S2/c29-18-9-5-8-16(12-18)23-22(24(34)21-13-15-6-2-4-11-20(15)37-21)25(35)26(36)33(23)27-31-32-28(39-27)38-14-17-7-1-3-10-19(17)30/h1-13,23,35H,14H2. The summed E-state index contributed by atoms with van der Waals surface area (Å²) in [4.78, 5) is 28.4. The molecule has 1 amide bonds. The van der Waals surface area contributed by atoms with Crippen LogP contribution in [0, 0.1) is 5.82 Å². The van der Waals surface area contributed by atoms with Gasteiger partial charge in [0.1, 0.15) is 11.4 Å². The fourth-order valence-electron chi connectivity index (χ4n) is 4.37. The molecule has 1 aliphatic heterocycles. The number of benzene rings is 3. The number of carbonyl (C=O) groups excluding carboxylic acids is 2. The summed E-state index contributed by atoms with van der Waals surface area (Å²) in [5.41, 5.74) is 1.35. The average Bonchev–Trinajstić information content (AvgIpc) is 3.64. The van der Waals surface area contributed by atoms with E-state index >= 15 is 0 Å². The summed E-state index contributed by atoms with van der Waals surface area (Å²) in [7, 11) is 0. The van der Waals surface area contributed by atoms with Gasteiger partial charge in [0, 0.05) is 16.2 Å². The molecule has 3 heterocycles. The Balaban J connectivity index is 1.37. The van der Waals surface area contributed by atoms with E-state index in [0.717, 1.165) is 11.3 Å². The molecule has 7 nitrogen and oxygen atoms in total. The number of anilines is 1. The van der Waals surface area contributed by atoms with Crippen molar-refractivity contribution in [2.45, 2.75) is 16.1 Å². The number of para-hydroxylation sites is 1. The first-order valence-corrected chi connectivity index (χ1v) is 13.8. The van der Waals surface area contributed by atoms with Crippen molar-refractivity contribution in [2.24, 2.45) is 0 Å². The van der Waals surface area contributed by atoms with Gasteiger partial charge in [-0.25, -0.2) is 4.39 Å². The summed E-state index contributed by atoms with van der Waals surface area (Å²) >= 11 is 8.62. The van der Waals surface area contributed by atoms with Gasteiger partial charge < -0.3 is 9.52 Å². The van der Waals surface area contributed by atoms with Crippen LogP contribution in [0.15, 0.2) is 99.0 Å². The number of hydrogen-bond acceptors (Lipinski definition) is 8. The molecule has 6 rings (SSSR count). The first kappa shape index (κ1) is 25.3. The maximum atomic E-state index is 14.1. The lowest BCUT2D eigenvalue weighted by molar-refractivity contribution is -0.117. The van der Waals surface area contributed by atoms with Crippen LogP contribution in [0.5, 0.6) is 0 Å². The smallest absolute Gasteiger partial charge is 0.296 e. The Kier molecular flexibility index (Phi) is 6.68. The van der Waals surface area contributed by atoms with E-state index in [1.165, 1.54) is 22.7 Å². The minimum absolute atomic E-state index is 0.0159. The Morgan fingerprint density at radius 3 is 2.67 bits per heavy atom. The maximum Gasteiger partial charge on any atom is 0.296 e. The summed E-state index contributed by atoms with van der Waals surface area (Å²) in [5.74, 6) is -2.18. The second-order valence-electron chi connectivity index (χ2n) is 8.60. The van der Waals surface area contributed by atoms with Gasteiger partial charge in [-0.05, 0) is 41.5 Å². The van der Waals surface area contributed by atoms with Gasteiger partial charge in [-0.2, -0.15) is 0 Å². The lowest BCUT2D eigenvalue weighted by atomic mass is 9.95. The van der Waals surface area contributed by atoms with Gasteiger partial charge in [-0.1, -0.05) is 83.2 Å². The Labute approximate surface area is 234 Å². The first-order chi connectivity index (χ1) is 18.9. The Morgan fingerprint density at radius 1 is 1.08 bits per heavy atom. The minimum atomic E-state index is -1.03. The molecule has 0 spiro atoms.